The minimum Gasteiger partial charge on any atom is -0.497 e. The molecule has 1 fully saturated rings. The quantitative estimate of drug-likeness (QED) is 0.174. The predicted octanol–water partition coefficient (Wildman–Crippen LogP) is 5.81. The van der Waals surface area contributed by atoms with Crippen LogP contribution in [0.2, 0.25) is 10.0 Å². The molecule has 4 aromatic carbocycles. The highest BCUT2D eigenvalue weighted by Crippen LogP contribution is 2.35. The fourth-order valence-corrected chi connectivity index (χ4v) is 6.97. The van der Waals surface area contributed by atoms with Crippen LogP contribution in [0.4, 0.5) is 0 Å². The van der Waals surface area contributed by atoms with Crippen molar-refractivity contribution < 1.29 is 19.7 Å². The first-order chi connectivity index (χ1) is 22.8. The molecule has 0 bridgehead atoms. The van der Waals surface area contributed by atoms with Gasteiger partial charge in [-0.1, -0.05) is 65.7 Å². The molecule has 1 saturated heterocycles. The number of aliphatic hydroxyl groups is 2. The van der Waals surface area contributed by atoms with E-state index in [0.29, 0.717) is 33.2 Å². The molecule has 0 aliphatic carbocycles. The van der Waals surface area contributed by atoms with Crippen molar-refractivity contribution in [2.75, 3.05) is 53.5 Å². The highest BCUT2D eigenvalue weighted by molar-refractivity contribution is 6.42. The first-order valence-corrected chi connectivity index (χ1v) is 16.5. The number of hydrogen-bond acceptors (Lipinski definition) is 7. The van der Waals surface area contributed by atoms with Crippen LogP contribution in [-0.2, 0) is 6.42 Å². The van der Waals surface area contributed by atoms with Gasteiger partial charge in [-0.25, -0.2) is 0 Å². The fourth-order valence-electron chi connectivity index (χ4n) is 6.67. The maximum atomic E-state index is 13.3. The first-order valence-electron chi connectivity index (χ1n) is 15.8. The number of benzene rings is 4. The lowest BCUT2D eigenvalue weighted by Crippen LogP contribution is -2.50. The van der Waals surface area contributed by atoms with E-state index in [0.717, 1.165) is 66.8 Å². The molecule has 0 aromatic heterocycles. The Morgan fingerprint density at radius 1 is 1.00 bits per heavy atom. The molecule has 47 heavy (non-hydrogen) atoms. The van der Waals surface area contributed by atoms with E-state index in [4.69, 9.17) is 27.9 Å². The lowest BCUT2D eigenvalue weighted by Gasteiger charge is -2.41. The number of rotatable bonds is 12. The van der Waals surface area contributed by atoms with E-state index in [1.807, 2.05) is 66.7 Å². The Bertz CT molecular complexity index is 1740. The molecule has 4 aromatic rings. The number of fused-ring (bicyclic) bond motifs is 1. The molecule has 5 rings (SSSR count). The third-order valence-corrected chi connectivity index (χ3v) is 9.94. The van der Waals surface area contributed by atoms with Crippen molar-refractivity contribution in [1.82, 2.24) is 15.1 Å². The molecule has 0 radical (unpaired) electrons. The van der Waals surface area contributed by atoms with Crippen molar-refractivity contribution in [2.45, 2.75) is 30.9 Å². The Hall–Kier alpha value is -3.68. The van der Waals surface area contributed by atoms with E-state index >= 15 is 0 Å². The van der Waals surface area contributed by atoms with Crippen LogP contribution < -0.4 is 10.1 Å². The van der Waals surface area contributed by atoms with E-state index in [2.05, 4.69) is 21.2 Å². The summed E-state index contributed by atoms with van der Waals surface area (Å²) in [5.74, 6) is 0.455. The summed E-state index contributed by atoms with van der Waals surface area (Å²) in [5.41, 5.74) is 3.63. The first kappa shape index (κ1) is 34.6. The number of nitrogens with zero attached hydrogens (tertiary/aromatic N) is 3. The van der Waals surface area contributed by atoms with Gasteiger partial charge in [-0.2, -0.15) is 5.26 Å². The average molecular weight is 676 g/mol. The molecular formula is C37H40Cl2N4O4. The van der Waals surface area contributed by atoms with Gasteiger partial charge in [-0.05, 0) is 83.1 Å². The van der Waals surface area contributed by atoms with E-state index in [-0.39, 0.29) is 24.5 Å². The van der Waals surface area contributed by atoms with E-state index in [9.17, 15) is 20.3 Å². The Morgan fingerprint density at radius 3 is 2.34 bits per heavy atom. The number of ether oxygens (including phenoxy) is 1. The lowest BCUT2D eigenvalue weighted by atomic mass is 9.83. The molecule has 0 spiro atoms. The number of piperazine rings is 1. The van der Waals surface area contributed by atoms with Gasteiger partial charge in [0.1, 0.15) is 5.75 Å². The summed E-state index contributed by atoms with van der Waals surface area (Å²) in [6.45, 7) is 3.44. The van der Waals surface area contributed by atoms with Crippen molar-refractivity contribution in [3.8, 4) is 11.8 Å². The van der Waals surface area contributed by atoms with Gasteiger partial charge in [-0.15, -0.1) is 0 Å². The largest absolute Gasteiger partial charge is 0.497 e. The molecule has 1 aliphatic rings. The van der Waals surface area contributed by atoms with Gasteiger partial charge in [0, 0.05) is 33.2 Å². The van der Waals surface area contributed by atoms with Gasteiger partial charge in [0.25, 0.3) is 5.91 Å². The van der Waals surface area contributed by atoms with Gasteiger partial charge in [0.15, 0.2) is 0 Å². The molecule has 3 N–H and O–H groups in total. The maximum Gasteiger partial charge on any atom is 0.251 e. The number of halogens is 2. The second-order valence-corrected chi connectivity index (χ2v) is 12.7. The minimum absolute atomic E-state index is 0.0530. The zero-order chi connectivity index (χ0) is 33.5. The summed E-state index contributed by atoms with van der Waals surface area (Å²) in [4.78, 5) is 17.9. The molecule has 0 saturated carbocycles. The highest BCUT2D eigenvalue weighted by atomic mass is 35.5. The van der Waals surface area contributed by atoms with Crippen LogP contribution in [0.15, 0.2) is 72.8 Å². The zero-order valence-electron chi connectivity index (χ0n) is 26.6. The second kappa shape index (κ2) is 15.9. The van der Waals surface area contributed by atoms with Crippen molar-refractivity contribution in [3.05, 3.63) is 111 Å². The molecule has 246 valence electrons. The number of hydrogen-bond donors (Lipinski definition) is 3. The summed E-state index contributed by atoms with van der Waals surface area (Å²) in [6.07, 6.45) is 0.306. The smallest absolute Gasteiger partial charge is 0.251 e. The maximum absolute atomic E-state index is 13.3. The fraction of sp³-hybridized carbons (Fsp3) is 0.351. The third-order valence-electron chi connectivity index (χ3n) is 9.20. The van der Waals surface area contributed by atoms with Crippen LogP contribution in [0.25, 0.3) is 10.8 Å². The van der Waals surface area contributed by atoms with Crippen LogP contribution in [0.3, 0.4) is 0 Å². The summed E-state index contributed by atoms with van der Waals surface area (Å²) in [6, 6.07) is 24.8. The van der Waals surface area contributed by atoms with Gasteiger partial charge in [0.05, 0.1) is 53.1 Å². The second-order valence-electron chi connectivity index (χ2n) is 11.9. The minimum atomic E-state index is -0.917. The van der Waals surface area contributed by atoms with Gasteiger partial charge in [-0.3, -0.25) is 9.69 Å². The molecule has 1 unspecified atom stereocenters. The van der Waals surface area contributed by atoms with Gasteiger partial charge >= 0.3 is 0 Å². The number of carbonyl (C=O) groups excluding carboxylic acids is 1. The monoisotopic (exact) mass is 674 g/mol. The summed E-state index contributed by atoms with van der Waals surface area (Å²) in [5, 5.41) is 36.2. The summed E-state index contributed by atoms with van der Waals surface area (Å²) in [7, 11) is 3.22. The number of carbonyl (C=O) groups is 1. The molecule has 10 heteroatoms. The summed E-state index contributed by atoms with van der Waals surface area (Å²) >= 11 is 12.8. The van der Waals surface area contributed by atoms with Crippen LogP contribution in [0.5, 0.6) is 5.75 Å². The van der Waals surface area contributed by atoms with E-state index in [1.54, 1.807) is 20.2 Å². The Balaban J connectivity index is 1.38. The van der Waals surface area contributed by atoms with E-state index in [1.165, 1.54) is 0 Å². The number of amides is 1. The van der Waals surface area contributed by atoms with Gasteiger partial charge in [0.2, 0.25) is 0 Å². The standard InChI is InChI=1S/C37H40Cl2N4O4/c1-41-37(46)35-30-6-4-3-5-27(30)19-28(22-40)31(35)20-26(25-9-12-32(38)33(39)21-25)13-14-42-15-17-43(18-16-42)36(34(45)23-44)24-7-10-29(47-2)11-8-24/h3-12,19,21,26,34,36,44-45H,13-18,20,23H2,1-2H3,(H,41,46)/t26?,34-,36+/m1/s1. The van der Waals surface area contributed by atoms with Crippen molar-refractivity contribution in [1.29, 1.82) is 5.26 Å². The summed E-state index contributed by atoms with van der Waals surface area (Å²) < 4.78 is 5.30. The Morgan fingerprint density at radius 2 is 1.70 bits per heavy atom. The Kier molecular flexibility index (Phi) is 11.8. The predicted molar refractivity (Wildman–Crippen MR) is 186 cm³/mol. The number of aliphatic hydroxyl groups excluding tert-OH is 2. The van der Waals surface area contributed by atoms with Crippen LogP contribution in [-0.4, -0.2) is 85.5 Å². The number of methoxy groups -OCH3 is 1. The average Bonchev–Trinajstić information content (AvgIpc) is 3.11. The molecule has 1 amide bonds. The van der Waals surface area contributed by atoms with Crippen LogP contribution in [0, 0.1) is 11.3 Å². The number of nitriles is 1. The number of nitrogens with one attached hydrogen (secondary N) is 1. The molecule has 1 heterocycles. The highest BCUT2D eigenvalue weighted by Gasteiger charge is 2.31. The molecular weight excluding hydrogens is 635 g/mol. The SMILES string of the molecule is CNC(=O)c1c(CC(CCN2CCN([C@@H](c3ccc(OC)cc3)[C@H](O)CO)CC2)c2ccc(Cl)c(Cl)c2)c(C#N)cc2ccccc12. The van der Waals surface area contributed by atoms with E-state index < -0.39 is 6.10 Å². The van der Waals surface area contributed by atoms with Crippen molar-refractivity contribution in [2.24, 2.45) is 0 Å². The van der Waals surface area contributed by atoms with Gasteiger partial charge < -0.3 is 25.2 Å². The molecule has 1 aliphatic heterocycles. The topological polar surface area (TPSA) is 109 Å². The molecule has 8 nitrogen and oxygen atoms in total. The van der Waals surface area contributed by atoms with Crippen molar-refractivity contribution >= 4 is 39.9 Å². The Labute approximate surface area is 286 Å². The van der Waals surface area contributed by atoms with Crippen LogP contribution in [0.1, 0.15) is 51.0 Å². The zero-order valence-corrected chi connectivity index (χ0v) is 28.1. The molecule has 3 atom stereocenters. The lowest BCUT2D eigenvalue weighted by molar-refractivity contribution is -0.00978. The normalized spacial score (nSPS) is 15.9. The third kappa shape index (κ3) is 7.90. The van der Waals surface area contributed by atoms with Crippen LogP contribution >= 0.6 is 23.2 Å². The van der Waals surface area contributed by atoms with Crippen molar-refractivity contribution in [3.63, 3.8) is 0 Å².